The van der Waals surface area contributed by atoms with Crippen molar-refractivity contribution in [3.63, 3.8) is 0 Å². The minimum Gasteiger partial charge on any atom is -0.398 e. The summed E-state index contributed by atoms with van der Waals surface area (Å²) >= 11 is 3.39. The Morgan fingerprint density at radius 1 is 1.18 bits per heavy atom. The molecule has 0 aromatic heterocycles. The van der Waals surface area contributed by atoms with Crippen molar-refractivity contribution in [2.45, 2.75) is 13.0 Å². The number of nitrogens with two attached hydrogens (primary N) is 1. The third-order valence-electron chi connectivity index (χ3n) is 2.70. The van der Waals surface area contributed by atoms with E-state index in [0.29, 0.717) is 5.69 Å². The summed E-state index contributed by atoms with van der Waals surface area (Å²) < 4.78 is 0.945. The van der Waals surface area contributed by atoms with Gasteiger partial charge in [0.1, 0.15) is 6.10 Å². The number of aliphatic hydroxyl groups is 1. The molecule has 3 N–H and O–H groups in total. The minimum absolute atomic E-state index is 0.614. The van der Waals surface area contributed by atoms with Crippen molar-refractivity contribution >= 4 is 21.6 Å². The van der Waals surface area contributed by atoms with Crippen molar-refractivity contribution in [1.82, 2.24) is 0 Å². The van der Waals surface area contributed by atoms with Crippen LogP contribution in [-0.4, -0.2) is 5.11 Å². The zero-order chi connectivity index (χ0) is 12.4. The largest absolute Gasteiger partial charge is 0.398 e. The van der Waals surface area contributed by atoms with Crippen molar-refractivity contribution in [1.29, 1.82) is 0 Å². The molecular weight excluding hydrogens is 278 g/mol. The first-order chi connectivity index (χ1) is 8.08. The maximum absolute atomic E-state index is 10.3. The Morgan fingerprint density at radius 3 is 2.65 bits per heavy atom. The lowest BCUT2D eigenvalue weighted by molar-refractivity contribution is 0.221. The van der Waals surface area contributed by atoms with Gasteiger partial charge in [-0.1, -0.05) is 45.8 Å². The highest BCUT2D eigenvalue weighted by atomic mass is 79.9. The van der Waals surface area contributed by atoms with E-state index in [1.165, 1.54) is 0 Å². The molecule has 17 heavy (non-hydrogen) atoms. The zero-order valence-electron chi connectivity index (χ0n) is 9.52. The maximum atomic E-state index is 10.3. The molecule has 2 aromatic carbocycles. The van der Waals surface area contributed by atoms with Gasteiger partial charge < -0.3 is 10.8 Å². The molecule has 0 saturated heterocycles. The maximum Gasteiger partial charge on any atom is 0.106 e. The highest BCUT2D eigenvalue weighted by Gasteiger charge is 2.13. The molecule has 0 amide bonds. The van der Waals surface area contributed by atoms with Crippen LogP contribution in [-0.2, 0) is 0 Å². The number of anilines is 1. The monoisotopic (exact) mass is 291 g/mol. The van der Waals surface area contributed by atoms with Crippen LogP contribution in [0.15, 0.2) is 46.9 Å². The van der Waals surface area contributed by atoms with E-state index in [4.69, 9.17) is 5.73 Å². The van der Waals surface area contributed by atoms with Gasteiger partial charge in [-0.25, -0.2) is 0 Å². The molecular formula is C14H14BrNO. The SMILES string of the molecule is Cc1ccc(N)c(C(O)c2cccc(Br)c2)c1. The Labute approximate surface area is 109 Å². The molecule has 0 aliphatic rings. The van der Waals surface area contributed by atoms with Crippen LogP contribution in [0.25, 0.3) is 0 Å². The Hall–Kier alpha value is -1.32. The van der Waals surface area contributed by atoms with E-state index < -0.39 is 6.10 Å². The van der Waals surface area contributed by atoms with E-state index in [9.17, 15) is 5.11 Å². The highest BCUT2D eigenvalue weighted by molar-refractivity contribution is 9.10. The molecule has 0 saturated carbocycles. The molecule has 3 heteroatoms. The number of aliphatic hydroxyl groups excluding tert-OH is 1. The summed E-state index contributed by atoms with van der Waals surface area (Å²) in [6.45, 7) is 1.98. The third-order valence-corrected chi connectivity index (χ3v) is 3.19. The van der Waals surface area contributed by atoms with Crippen LogP contribution in [0.1, 0.15) is 22.8 Å². The van der Waals surface area contributed by atoms with Gasteiger partial charge in [-0.3, -0.25) is 0 Å². The number of benzene rings is 2. The molecule has 2 nitrogen and oxygen atoms in total. The Kier molecular flexibility index (Phi) is 3.50. The average molecular weight is 292 g/mol. The van der Waals surface area contributed by atoms with Crippen LogP contribution in [0.5, 0.6) is 0 Å². The normalized spacial score (nSPS) is 12.4. The molecule has 0 spiro atoms. The molecule has 0 fully saturated rings. The molecule has 0 bridgehead atoms. The first kappa shape index (κ1) is 12.1. The molecule has 0 heterocycles. The van der Waals surface area contributed by atoms with Gasteiger partial charge in [0.2, 0.25) is 0 Å². The summed E-state index contributed by atoms with van der Waals surface area (Å²) in [5, 5.41) is 10.3. The van der Waals surface area contributed by atoms with Crippen molar-refractivity contribution in [2.24, 2.45) is 0 Å². The van der Waals surface area contributed by atoms with E-state index in [-0.39, 0.29) is 0 Å². The fourth-order valence-corrected chi connectivity index (χ4v) is 2.20. The molecule has 0 aliphatic carbocycles. The topological polar surface area (TPSA) is 46.2 Å². The molecule has 1 atom stereocenters. The van der Waals surface area contributed by atoms with Crippen molar-refractivity contribution < 1.29 is 5.11 Å². The van der Waals surface area contributed by atoms with Crippen LogP contribution in [0.3, 0.4) is 0 Å². The fraction of sp³-hybridized carbons (Fsp3) is 0.143. The predicted molar refractivity (Wildman–Crippen MR) is 73.8 cm³/mol. The predicted octanol–water partition coefficient (Wildman–Crippen LogP) is 3.42. The van der Waals surface area contributed by atoms with Gasteiger partial charge in [-0.15, -0.1) is 0 Å². The molecule has 0 radical (unpaired) electrons. The standard InChI is InChI=1S/C14H14BrNO/c1-9-5-6-13(16)12(7-9)14(17)10-3-2-4-11(15)8-10/h2-8,14,17H,16H2,1H3. The number of hydrogen-bond acceptors (Lipinski definition) is 2. The zero-order valence-corrected chi connectivity index (χ0v) is 11.1. The number of rotatable bonds is 2. The lowest BCUT2D eigenvalue weighted by Crippen LogP contribution is -2.04. The van der Waals surface area contributed by atoms with Crippen molar-refractivity contribution in [3.05, 3.63) is 63.6 Å². The minimum atomic E-state index is -0.688. The number of nitrogen functional groups attached to an aromatic ring is 1. The van der Waals surface area contributed by atoms with Gasteiger partial charge in [0.05, 0.1) is 0 Å². The van der Waals surface area contributed by atoms with Crippen LogP contribution < -0.4 is 5.73 Å². The van der Waals surface area contributed by atoms with Crippen molar-refractivity contribution in [2.75, 3.05) is 5.73 Å². The van der Waals surface area contributed by atoms with Crippen LogP contribution in [0, 0.1) is 6.92 Å². The van der Waals surface area contributed by atoms with Gasteiger partial charge in [-0.2, -0.15) is 0 Å². The Balaban J connectivity index is 2.43. The lowest BCUT2D eigenvalue weighted by Gasteiger charge is -2.15. The second-order valence-corrected chi connectivity index (χ2v) is 5.01. The molecule has 0 aliphatic heterocycles. The summed E-state index contributed by atoms with van der Waals surface area (Å²) in [5.74, 6) is 0. The van der Waals surface area contributed by atoms with E-state index in [0.717, 1.165) is 21.2 Å². The molecule has 2 aromatic rings. The average Bonchev–Trinajstić information content (AvgIpc) is 2.31. The second-order valence-electron chi connectivity index (χ2n) is 4.09. The van der Waals surface area contributed by atoms with E-state index >= 15 is 0 Å². The van der Waals surface area contributed by atoms with Crippen molar-refractivity contribution in [3.8, 4) is 0 Å². The smallest absolute Gasteiger partial charge is 0.106 e. The third kappa shape index (κ3) is 2.68. The molecule has 1 unspecified atom stereocenters. The van der Waals surface area contributed by atoms with E-state index in [2.05, 4.69) is 15.9 Å². The summed E-state index contributed by atoms with van der Waals surface area (Å²) in [5.41, 5.74) is 9.18. The summed E-state index contributed by atoms with van der Waals surface area (Å²) in [6.07, 6.45) is -0.688. The van der Waals surface area contributed by atoms with Crippen LogP contribution in [0.2, 0.25) is 0 Å². The fourth-order valence-electron chi connectivity index (χ4n) is 1.79. The van der Waals surface area contributed by atoms with Gasteiger partial charge in [0, 0.05) is 15.7 Å². The van der Waals surface area contributed by atoms with E-state index in [1.54, 1.807) is 0 Å². The first-order valence-electron chi connectivity index (χ1n) is 5.37. The second kappa shape index (κ2) is 4.90. The number of aryl methyl sites for hydroxylation is 1. The van der Waals surface area contributed by atoms with E-state index in [1.807, 2.05) is 49.4 Å². The summed E-state index contributed by atoms with van der Waals surface area (Å²) in [4.78, 5) is 0. The Morgan fingerprint density at radius 2 is 1.94 bits per heavy atom. The number of halogens is 1. The number of hydrogen-bond donors (Lipinski definition) is 2. The highest BCUT2D eigenvalue weighted by Crippen LogP contribution is 2.28. The van der Waals surface area contributed by atoms with Crippen LogP contribution >= 0.6 is 15.9 Å². The van der Waals surface area contributed by atoms with Gasteiger partial charge in [0.25, 0.3) is 0 Å². The first-order valence-corrected chi connectivity index (χ1v) is 6.17. The van der Waals surface area contributed by atoms with Gasteiger partial charge in [0.15, 0.2) is 0 Å². The lowest BCUT2D eigenvalue weighted by atomic mass is 9.98. The quantitative estimate of drug-likeness (QED) is 0.833. The van der Waals surface area contributed by atoms with Gasteiger partial charge in [-0.05, 0) is 30.7 Å². The van der Waals surface area contributed by atoms with Gasteiger partial charge >= 0.3 is 0 Å². The summed E-state index contributed by atoms with van der Waals surface area (Å²) in [7, 11) is 0. The Bertz CT molecular complexity index is 539. The summed E-state index contributed by atoms with van der Waals surface area (Å²) in [6, 6.07) is 13.3. The van der Waals surface area contributed by atoms with Crippen LogP contribution in [0.4, 0.5) is 5.69 Å². The molecule has 88 valence electrons. The molecule has 2 rings (SSSR count).